The molecule has 0 saturated heterocycles. The van der Waals surface area contributed by atoms with Crippen LogP contribution in [0.25, 0.3) is 0 Å². The van der Waals surface area contributed by atoms with E-state index in [1.54, 1.807) is 30.3 Å². The van der Waals surface area contributed by atoms with Crippen molar-refractivity contribution < 1.29 is 33.8 Å². The lowest BCUT2D eigenvalue weighted by atomic mass is 9.98. The summed E-state index contributed by atoms with van der Waals surface area (Å²) >= 11 is 0. The molecule has 2 N–H and O–H groups in total. The molecule has 0 aliphatic heterocycles. The molecule has 0 fully saturated rings. The van der Waals surface area contributed by atoms with Crippen LogP contribution in [0.5, 0.6) is 0 Å². The SMILES string of the molecule is C=CCCC(=O)OC[C@@H](NC(=O)[C@@H](CC=C)CC(=O)N(CCO)Cc1ccccc1)C(=O)OCc1ccccc1. The molecule has 2 atom stereocenters. The maximum absolute atomic E-state index is 13.3. The van der Waals surface area contributed by atoms with Gasteiger partial charge in [-0.2, -0.15) is 0 Å². The van der Waals surface area contributed by atoms with Crippen molar-refractivity contribution in [2.75, 3.05) is 19.8 Å². The topological polar surface area (TPSA) is 122 Å². The van der Waals surface area contributed by atoms with E-state index in [9.17, 15) is 24.3 Å². The smallest absolute Gasteiger partial charge is 0.332 e. The molecule has 0 bridgehead atoms. The van der Waals surface area contributed by atoms with Gasteiger partial charge in [0.2, 0.25) is 11.8 Å². The molecule has 2 rings (SSSR count). The monoisotopic (exact) mass is 550 g/mol. The van der Waals surface area contributed by atoms with Gasteiger partial charge in [-0.05, 0) is 24.0 Å². The summed E-state index contributed by atoms with van der Waals surface area (Å²) in [6.45, 7) is 6.95. The van der Waals surface area contributed by atoms with Crippen molar-refractivity contribution >= 4 is 23.8 Å². The van der Waals surface area contributed by atoms with Gasteiger partial charge in [0.25, 0.3) is 0 Å². The number of amides is 2. The van der Waals surface area contributed by atoms with Crippen LogP contribution >= 0.6 is 0 Å². The first-order chi connectivity index (χ1) is 19.4. The van der Waals surface area contributed by atoms with E-state index in [0.717, 1.165) is 11.1 Å². The first-order valence-corrected chi connectivity index (χ1v) is 13.2. The van der Waals surface area contributed by atoms with Gasteiger partial charge in [-0.1, -0.05) is 72.8 Å². The normalized spacial score (nSPS) is 11.9. The minimum Gasteiger partial charge on any atom is -0.463 e. The third-order valence-electron chi connectivity index (χ3n) is 5.97. The quantitative estimate of drug-likeness (QED) is 0.216. The fourth-order valence-corrected chi connectivity index (χ4v) is 3.80. The molecular formula is C31H38N2O7. The second kappa shape index (κ2) is 18.1. The standard InChI is InChI=1S/C31H38N2O7/c1-3-5-17-29(36)39-23-27(31(38)40-22-25-15-10-7-11-16-25)32-30(37)26(12-4-2)20-28(35)33(18-19-34)21-24-13-8-6-9-14-24/h3-4,6-11,13-16,26-27,34H,1-2,5,12,17-23H2,(H,32,37)/t26-,27+/m0/s1. The average molecular weight is 551 g/mol. The molecule has 2 aromatic carbocycles. The van der Waals surface area contributed by atoms with Crippen molar-refractivity contribution in [2.24, 2.45) is 5.92 Å². The molecule has 40 heavy (non-hydrogen) atoms. The van der Waals surface area contributed by atoms with E-state index >= 15 is 0 Å². The van der Waals surface area contributed by atoms with Crippen LogP contribution in [0.3, 0.4) is 0 Å². The van der Waals surface area contributed by atoms with Gasteiger partial charge in [0, 0.05) is 25.9 Å². The van der Waals surface area contributed by atoms with E-state index in [4.69, 9.17) is 9.47 Å². The molecule has 0 aliphatic carbocycles. The van der Waals surface area contributed by atoms with E-state index in [1.807, 2.05) is 36.4 Å². The third kappa shape index (κ3) is 11.7. The Bertz CT molecular complexity index is 1110. The molecule has 0 spiro atoms. The summed E-state index contributed by atoms with van der Waals surface area (Å²) in [5.74, 6) is -3.08. The molecule has 214 valence electrons. The number of benzene rings is 2. The van der Waals surface area contributed by atoms with Crippen LogP contribution in [0, 0.1) is 5.92 Å². The summed E-state index contributed by atoms with van der Waals surface area (Å²) < 4.78 is 10.6. The fourth-order valence-electron chi connectivity index (χ4n) is 3.80. The van der Waals surface area contributed by atoms with Crippen LogP contribution in [0.1, 0.15) is 36.8 Å². The summed E-state index contributed by atoms with van der Waals surface area (Å²) in [4.78, 5) is 52.9. The zero-order chi connectivity index (χ0) is 29.2. The molecule has 0 unspecified atom stereocenters. The molecule has 9 nitrogen and oxygen atoms in total. The van der Waals surface area contributed by atoms with Gasteiger partial charge < -0.3 is 24.8 Å². The van der Waals surface area contributed by atoms with Crippen molar-refractivity contribution in [3.63, 3.8) is 0 Å². The van der Waals surface area contributed by atoms with E-state index in [1.165, 1.54) is 11.0 Å². The number of hydrogen-bond donors (Lipinski definition) is 2. The van der Waals surface area contributed by atoms with E-state index < -0.39 is 36.4 Å². The minimum absolute atomic E-state index is 0.0272. The summed E-state index contributed by atoms with van der Waals surface area (Å²) in [7, 11) is 0. The molecule has 9 heteroatoms. The lowest BCUT2D eigenvalue weighted by molar-refractivity contribution is -0.155. The lowest BCUT2D eigenvalue weighted by Gasteiger charge is -2.25. The maximum Gasteiger partial charge on any atom is 0.332 e. The summed E-state index contributed by atoms with van der Waals surface area (Å²) in [5, 5.41) is 12.1. The molecule has 0 aromatic heterocycles. The second-order valence-corrected chi connectivity index (χ2v) is 9.11. The zero-order valence-electron chi connectivity index (χ0n) is 22.7. The molecule has 2 aromatic rings. The molecule has 0 aliphatic rings. The van der Waals surface area contributed by atoms with Gasteiger partial charge in [-0.3, -0.25) is 14.4 Å². The number of aliphatic hydroxyl groups excluding tert-OH is 1. The molecule has 0 saturated carbocycles. The van der Waals surface area contributed by atoms with Crippen LogP contribution in [-0.2, 0) is 41.8 Å². The first-order valence-electron chi connectivity index (χ1n) is 13.2. The van der Waals surface area contributed by atoms with E-state index in [-0.39, 0.29) is 51.5 Å². The van der Waals surface area contributed by atoms with Gasteiger partial charge in [0.1, 0.15) is 13.2 Å². The van der Waals surface area contributed by atoms with Gasteiger partial charge in [-0.25, -0.2) is 4.79 Å². The Morgan fingerprint density at radius 2 is 1.57 bits per heavy atom. The van der Waals surface area contributed by atoms with Crippen LogP contribution < -0.4 is 5.32 Å². The van der Waals surface area contributed by atoms with Gasteiger partial charge in [0.05, 0.1) is 12.5 Å². The highest BCUT2D eigenvalue weighted by Gasteiger charge is 2.30. The molecule has 0 heterocycles. The lowest BCUT2D eigenvalue weighted by Crippen LogP contribution is -2.48. The summed E-state index contributed by atoms with van der Waals surface area (Å²) in [6, 6.07) is 17.1. The van der Waals surface area contributed by atoms with Crippen molar-refractivity contribution in [3.05, 3.63) is 97.1 Å². The highest BCUT2D eigenvalue weighted by molar-refractivity contribution is 5.89. The van der Waals surface area contributed by atoms with Crippen molar-refractivity contribution in [1.82, 2.24) is 10.2 Å². The number of carbonyl (C=O) groups is 4. The number of allylic oxidation sites excluding steroid dienone is 2. The van der Waals surface area contributed by atoms with E-state index in [0.29, 0.717) is 6.42 Å². The predicted octanol–water partition coefficient (Wildman–Crippen LogP) is 3.33. The predicted molar refractivity (Wildman–Crippen MR) is 150 cm³/mol. The third-order valence-corrected chi connectivity index (χ3v) is 5.97. The number of carbonyl (C=O) groups excluding carboxylic acids is 4. The molecule has 0 radical (unpaired) electrons. The molecule has 2 amide bonds. The summed E-state index contributed by atoms with van der Waals surface area (Å²) in [6.07, 6.45) is 3.58. The second-order valence-electron chi connectivity index (χ2n) is 9.11. The minimum atomic E-state index is -1.27. The number of nitrogens with one attached hydrogen (secondary N) is 1. The largest absolute Gasteiger partial charge is 0.463 e. The average Bonchev–Trinajstić information content (AvgIpc) is 2.97. The van der Waals surface area contributed by atoms with Gasteiger partial charge >= 0.3 is 11.9 Å². The van der Waals surface area contributed by atoms with Crippen LogP contribution in [0.15, 0.2) is 86.0 Å². The van der Waals surface area contributed by atoms with Crippen molar-refractivity contribution in [2.45, 2.75) is 44.9 Å². The van der Waals surface area contributed by atoms with E-state index in [2.05, 4.69) is 18.5 Å². The maximum atomic E-state index is 13.3. The number of ether oxygens (including phenoxy) is 2. The Morgan fingerprint density at radius 1 is 0.925 bits per heavy atom. The number of hydrogen-bond acceptors (Lipinski definition) is 7. The van der Waals surface area contributed by atoms with Gasteiger partial charge in [-0.15, -0.1) is 13.2 Å². The van der Waals surface area contributed by atoms with Crippen molar-refractivity contribution in [3.8, 4) is 0 Å². The Labute approximate surface area is 235 Å². The zero-order valence-corrected chi connectivity index (χ0v) is 22.7. The Balaban J connectivity index is 2.11. The Hall–Kier alpha value is -4.24. The number of esters is 2. The first kappa shape index (κ1) is 32.0. The number of rotatable bonds is 18. The number of aliphatic hydroxyl groups is 1. The van der Waals surface area contributed by atoms with Crippen LogP contribution in [0.2, 0.25) is 0 Å². The fraction of sp³-hybridized carbons (Fsp3) is 0.355. The number of nitrogens with zero attached hydrogens (tertiary/aromatic N) is 1. The Morgan fingerprint density at radius 3 is 2.17 bits per heavy atom. The van der Waals surface area contributed by atoms with Crippen LogP contribution in [0.4, 0.5) is 0 Å². The highest BCUT2D eigenvalue weighted by Crippen LogP contribution is 2.15. The molecular weight excluding hydrogens is 512 g/mol. The van der Waals surface area contributed by atoms with Crippen molar-refractivity contribution in [1.29, 1.82) is 0 Å². The summed E-state index contributed by atoms with van der Waals surface area (Å²) in [5.41, 5.74) is 1.63. The van der Waals surface area contributed by atoms with Crippen LogP contribution in [-0.4, -0.2) is 59.6 Å². The highest BCUT2D eigenvalue weighted by atomic mass is 16.6. The Kier molecular flexibility index (Phi) is 14.5. The van der Waals surface area contributed by atoms with Gasteiger partial charge in [0.15, 0.2) is 6.04 Å².